The molecule has 1 aromatic carbocycles. The molecular weight excluding hydrogens is 190 g/mol. The molecule has 76 valence electrons. The molecule has 1 aliphatic carbocycles. The Labute approximate surface area is 86.6 Å². The lowest BCUT2D eigenvalue weighted by Gasteiger charge is -1.95. The lowest BCUT2D eigenvalue weighted by molar-refractivity contribution is 0.533. The summed E-state index contributed by atoms with van der Waals surface area (Å²) in [7, 11) is 0. The van der Waals surface area contributed by atoms with Gasteiger partial charge in [-0.25, -0.2) is 4.98 Å². The van der Waals surface area contributed by atoms with Gasteiger partial charge in [0.2, 0.25) is 0 Å². The first-order valence-corrected chi connectivity index (χ1v) is 4.99. The zero-order valence-corrected chi connectivity index (χ0v) is 8.16. The number of fused-ring (bicyclic) bond motifs is 1. The second kappa shape index (κ2) is 2.82. The molecule has 0 amide bonds. The van der Waals surface area contributed by atoms with Gasteiger partial charge in [0, 0.05) is 11.5 Å². The quantitative estimate of drug-likeness (QED) is 0.576. The number of hydrogen-bond acceptors (Lipinski definition) is 3. The first-order chi connectivity index (χ1) is 7.24. The topological polar surface area (TPSA) is 75.9 Å². The summed E-state index contributed by atoms with van der Waals surface area (Å²) in [6.45, 7) is 0. The number of nitrogen functional groups attached to an aromatic ring is 1. The summed E-state index contributed by atoms with van der Waals surface area (Å²) >= 11 is 0. The van der Waals surface area contributed by atoms with Gasteiger partial charge >= 0.3 is 0 Å². The molecule has 4 nitrogen and oxygen atoms in total. The highest BCUT2D eigenvalue weighted by atomic mass is 16.3. The zero-order chi connectivity index (χ0) is 10.4. The molecule has 1 fully saturated rings. The Morgan fingerprint density at radius 3 is 2.93 bits per heavy atom. The van der Waals surface area contributed by atoms with Crippen LogP contribution in [0.3, 0.4) is 0 Å². The van der Waals surface area contributed by atoms with Crippen molar-refractivity contribution in [3.05, 3.63) is 29.7 Å². The van der Waals surface area contributed by atoms with E-state index in [1.165, 1.54) is 12.8 Å². The summed E-state index contributed by atoms with van der Waals surface area (Å²) < 4.78 is 5.60. The summed E-state index contributed by atoms with van der Waals surface area (Å²) in [5.74, 6) is 1.40. The van der Waals surface area contributed by atoms with E-state index in [0.29, 0.717) is 11.5 Å². The van der Waals surface area contributed by atoms with Crippen LogP contribution in [0.4, 0.5) is 0 Å². The van der Waals surface area contributed by atoms with Crippen LogP contribution in [0.2, 0.25) is 0 Å². The van der Waals surface area contributed by atoms with E-state index < -0.39 is 0 Å². The molecule has 2 aromatic rings. The lowest BCUT2D eigenvalue weighted by Crippen LogP contribution is -2.10. The van der Waals surface area contributed by atoms with E-state index in [2.05, 4.69) is 4.98 Å². The molecule has 15 heavy (non-hydrogen) atoms. The number of nitrogens with zero attached hydrogens (tertiary/aromatic N) is 1. The predicted octanol–water partition coefficient (Wildman–Crippen LogP) is 1.99. The van der Waals surface area contributed by atoms with E-state index in [0.717, 1.165) is 17.0 Å². The molecule has 0 bridgehead atoms. The molecule has 1 heterocycles. The molecule has 0 spiro atoms. The highest BCUT2D eigenvalue weighted by Crippen LogP contribution is 2.40. The van der Waals surface area contributed by atoms with Crippen LogP contribution in [-0.4, -0.2) is 10.8 Å². The summed E-state index contributed by atoms with van der Waals surface area (Å²) in [6.07, 6.45) is 2.35. The standard InChI is InChI=1S/C11H11N3O/c12-10(13)7-3-4-9-8(5-7)14-11(15-9)6-1-2-6/h3-6H,1-2H2,(H3,12,13). The molecule has 0 atom stereocenters. The molecule has 1 aromatic heterocycles. The average Bonchev–Trinajstić information content (AvgIpc) is 2.97. The molecule has 0 saturated heterocycles. The van der Waals surface area contributed by atoms with Gasteiger partial charge in [0.25, 0.3) is 0 Å². The Morgan fingerprint density at radius 1 is 1.47 bits per heavy atom. The number of amidine groups is 1. The minimum atomic E-state index is 0.0628. The highest BCUT2D eigenvalue weighted by Gasteiger charge is 2.28. The second-order valence-electron chi connectivity index (χ2n) is 3.92. The molecule has 4 heteroatoms. The van der Waals surface area contributed by atoms with Crippen molar-refractivity contribution in [1.29, 1.82) is 5.41 Å². The maximum atomic E-state index is 7.33. The zero-order valence-electron chi connectivity index (χ0n) is 8.16. The summed E-state index contributed by atoms with van der Waals surface area (Å²) in [6, 6.07) is 5.41. The van der Waals surface area contributed by atoms with Gasteiger partial charge in [0.05, 0.1) is 0 Å². The number of rotatable bonds is 2. The third-order valence-electron chi connectivity index (χ3n) is 2.64. The number of hydrogen-bond donors (Lipinski definition) is 2. The third kappa shape index (κ3) is 1.38. The van der Waals surface area contributed by atoms with E-state index in [4.69, 9.17) is 15.6 Å². The Kier molecular flexibility index (Phi) is 1.59. The third-order valence-corrected chi connectivity index (χ3v) is 2.64. The first-order valence-electron chi connectivity index (χ1n) is 4.99. The highest BCUT2D eigenvalue weighted by molar-refractivity contribution is 5.97. The van der Waals surface area contributed by atoms with Crippen LogP contribution in [0.5, 0.6) is 0 Å². The van der Waals surface area contributed by atoms with Crippen LogP contribution in [-0.2, 0) is 0 Å². The molecule has 1 saturated carbocycles. The van der Waals surface area contributed by atoms with Crippen LogP contribution >= 0.6 is 0 Å². The van der Waals surface area contributed by atoms with Gasteiger partial charge < -0.3 is 10.2 Å². The van der Waals surface area contributed by atoms with Gasteiger partial charge in [-0.3, -0.25) is 5.41 Å². The Hall–Kier alpha value is -1.84. The van der Waals surface area contributed by atoms with Crippen molar-refractivity contribution in [1.82, 2.24) is 4.98 Å². The summed E-state index contributed by atoms with van der Waals surface area (Å²) in [4.78, 5) is 4.40. The van der Waals surface area contributed by atoms with Gasteiger partial charge in [-0.05, 0) is 31.0 Å². The lowest BCUT2D eigenvalue weighted by atomic mass is 10.2. The second-order valence-corrected chi connectivity index (χ2v) is 3.92. The van der Waals surface area contributed by atoms with E-state index in [9.17, 15) is 0 Å². The number of oxazole rings is 1. The Bertz CT molecular complexity index is 540. The molecule has 1 aliphatic rings. The van der Waals surface area contributed by atoms with Crippen molar-refractivity contribution in [3.8, 4) is 0 Å². The van der Waals surface area contributed by atoms with E-state index in [-0.39, 0.29) is 5.84 Å². The molecule has 0 radical (unpaired) electrons. The molecule has 0 unspecified atom stereocenters. The minimum absolute atomic E-state index is 0.0628. The predicted molar refractivity (Wildman–Crippen MR) is 57.0 cm³/mol. The van der Waals surface area contributed by atoms with E-state index in [1.54, 1.807) is 12.1 Å². The van der Waals surface area contributed by atoms with Gasteiger partial charge in [0.15, 0.2) is 11.5 Å². The molecule has 3 N–H and O–H groups in total. The van der Waals surface area contributed by atoms with Crippen molar-refractivity contribution in [2.75, 3.05) is 0 Å². The van der Waals surface area contributed by atoms with Crippen molar-refractivity contribution >= 4 is 16.9 Å². The van der Waals surface area contributed by atoms with Gasteiger partial charge in [-0.1, -0.05) is 0 Å². The van der Waals surface area contributed by atoms with Crippen LogP contribution in [0.25, 0.3) is 11.1 Å². The van der Waals surface area contributed by atoms with Gasteiger partial charge in [0.1, 0.15) is 11.4 Å². The smallest absolute Gasteiger partial charge is 0.198 e. The largest absolute Gasteiger partial charge is 0.440 e. The summed E-state index contributed by atoms with van der Waals surface area (Å²) in [5.41, 5.74) is 7.68. The Morgan fingerprint density at radius 2 is 2.27 bits per heavy atom. The SMILES string of the molecule is N=C(N)c1ccc2oc(C3CC3)nc2c1. The maximum absolute atomic E-state index is 7.33. The van der Waals surface area contributed by atoms with Crippen LogP contribution in [0, 0.1) is 5.41 Å². The van der Waals surface area contributed by atoms with Gasteiger partial charge in [-0.15, -0.1) is 0 Å². The van der Waals surface area contributed by atoms with Crippen molar-refractivity contribution in [3.63, 3.8) is 0 Å². The fourth-order valence-electron chi connectivity index (χ4n) is 1.62. The molecular formula is C11H11N3O. The maximum Gasteiger partial charge on any atom is 0.198 e. The van der Waals surface area contributed by atoms with Crippen LogP contribution in [0.15, 0.2) is 22.6 Å². The van der Waals surface area contributed by atoms with Crippen molar-refractivity contribution in [2.24, 2.45) is 5.73 Å². The van der Waals surface area contributed by atoms with Gasteiger partial charge in [-0.2, -0.15) is 0 Å². The fourth-order valence-corrected chi connectivity index (χ4v) is 1.62. The Balaban J connectivity index is 2.13. The first kappa shape index (κ1) is 8.47. The van der Waals surface area contributed by atoms with E-state index in [1.807, 2.05) is 6.07 Å². The normalized spacial score (nSPS) is 15.7. The molecule has 0 aliphatic heterocycles. The monoisotopic (exact) mass is 201 g/mol. The van der Waals surface area contributed by atoms with Crippen LogP contribution < -0.4 is 5.73 Å². The average molecular weight is 201 g/mol. The number of nitrogens with one attached hydrogen (secondary N) is 1. The summed E-state index contributed by atoms with van der Waals surface area (Å²) in [5, 5.41) is 7.33. The number of nitrogens with two attached hydrogens (primary N) is 1. The molecule has 3 rings (SSSR count). The number of aromatic nitrogens is 1. The number of benzene rings is 1. The van der Waals surface area contributed by atoms with Crippen LogP contribution in [0.1, 0.15) is 30.2 Å². The fraction of sp³-hybridized carbons (Fsp3) is 0.273. The van der Waals surface area contributed by atoms with Crippen molar-refractivity contribution in [2.45, 2.75) is 18.8 Å². The van der Waals surface area contributed by atoms with E-state index >= 15 is 0 Å². The van der Waals surface area contributed by atoms with Crippen molar-refractivity contribution < 1.29 is 4.42 Å². The minimum Gasteiger partial charge on any atom is -0.440 e.